The number of amides is 2. The molecule has 0 aliphatic heterocycles. The number of nitrogens with zero attached hydrogens (tertiary/aromatic N) is 2. The molecule has 0 bridgehead atoms. The summed E-state index contributed by atoms with van der Waals surface area (Å²) < 4.78 is 4.65. The molecule has 2 atom stereocenters. The fraction of sp³-hybridized carbons (Fsp3) is 0.294. The summed E-state index contributed by atoms with van der Waals surface area (Å²) in [5.41, 5.74) is 1.75. The van der Waals surface area contributed by atoms with Gasteiger partial charge in [0.2, 0.25) is 5.91 Å². The molecule has 2 amide bonds. The van der Waals surface area contributed by atoms with Crippen molar-refractivity contribution in [3.8, 4) is 12.1 Å². The lowest BCUT2D eigenvalue weighted by Crippen LogP contribution is -2.50. The van der Waals surface area contributed by atoms with Crippen LogP contribution in [0.5, 0.6) is 0 Å². The summed E-state index contributed by atoms with van der Waals surface area (Å²) in [5.74, 6) is -0.506. The number of ether oxygens (including phenoxy) is 1. The van der Waals surface area contributed by atoms with E-state index in [1.807, 2.05) is 30.3 Å². The smallest absolute Gasteiger partial charge is 0.408 e. The third kappa shape index (κ3) is 4.72. The molecule has 0 fully saturated rings. The zero-order valence-corrected chi connectivity index (χ0v) is 13.6. The molecule has 2 aromatic rings. The lowest BCUT2D eigenvalue weighted by atomic mass is 10.0. The SMILES string of the molecule is CC(C#N)NC(=O)C(Cc1c[nH]c2ccccc12)NC(=O)OCC#N. The molecule has 1 aromatic heterocycles. The van der Waals surface area contributed by atoms with Crippen molar-refractivity contribution >= 4 is 22.9 Å². The van der Waals surface area contributed by atoms with E-state index < -0.39 is 30.7 Å². The Labute approximate surface area is 144 Å². The molecule has 1 aromatic carbocycles. The first-order valence-electron chi connectivity index (χ1n) is 7.60. The first-order valence-corrected chi connectivity index (χ1v) is 7.60. The van der Waals surface area contributed by atoms with Crippen molar-refractivity contribution in [3.05, 3.63) is 36.0 Å². The van der Waals surface area contributed by atoms with Crippen molar-refractivity contribution in [3.63, 3.8) is 0 Å². The van der Waals surface area contributed by atoms with E-state index >= 15 is 0 Å². The van der Waals surface area contributed by atoms with E-state index in [-0.39, 0.29) is 6.42 Å². The predicted molar refractivity (Wildman–Crippen MR) is 89.1 cm³/mol. The fourth-order valence-electron chi connectivity index (χ4n) is 2.36. The predicted octanol–water partition coefficient (Wildman–Crippen LogP) is 1.36. The Bertz CT molecular complexity index is 846. The lowest BCUT2D eigenvalue weighted by molar-refractivity contribution is -0.123. The second-order valence-corrected chi connectivity index (χ2v) is 5.35. The van der Waals surface area contributed by atoms with Crippen molar-refractivity contribution < 1.29 is 14.3 Å². The summed E-state index contributed by atoms with van der Waals surface area (Å²) in [4.78, 5) is 27.2. The number of para-hydroxylation sites is 1. The Morgan fingerprint density at radius 3 is 2.76 bits per heavy atom. The lowest BCUT2D eigenvalue weighted by Gasteiger charge is -2.18. The van der Waals surface area contributed by atoms with E-state index in [0.29, 0.717) is 0 Å². The maximum absolute atomic E-state index is 12.4. The van der Waals surface area contributed by atoms with E-state index in [1.165, 1.54) is 6.92 Å². The number of nitriles is 2. The normalized spacial score (nSPS) is 12.4. The highest BCUT2D eigenvalue weighted by Crippen LogP contribution is 2.19. The van der Waals surface area contributed by atoms with Gasteiger partial charge in [-0.1, -0.05) is 18.2 Å². The van der Waals surface area contributed by atoms with Crippen LogP contribution in [-0.4, -0.2) is 35.7 Å². The molecule has 25 heavy (non-hydrogen) atoms. The largest absolute Gasteiger partial charge is 0.434 e. The summed E-state index contributed by atoms with van der Waals surface area (Å²) >= 11 is 0. The van der Waals surface area contributed by atoms with Gasteiger partial charge < -0.3 is 20.4 Å². The number of carbonyl (C=O) groups is 2. The molecule has 0 aliphatic rings. The van der Waals surface area contributed by atoms with Crippen LogP contribution in [-0.2, 0) is 16.0 Å². The van der Waals surface area contributed by atoms with Gasteiger partial charge in [-0.3, -0.25) is 4.79 Å². The molecule has 2 unspecified atom stereocenters. The molecule has 128 valence electrons. The van der Waals surface area contributed by atoms with Gasteiger partial charge >= 0.3 is 6.09 Å². The van der Waals surface area contributed by atoms with Gasteiger partial charge in [0.1, 0.15) is 18.2 Å². The fourth-order valence-corrected chi connectivity index (χ4v) is 2.36. The van der Waals surface area contributed by atoms with Gasteiger partial charge in [-0.2, -0.15) is 10.5 Å². The van der Waals surface area contributed by atoms with Crippen LogP contribution < -0.4 is 10.6 Å². The van der Waals surface area contributed by atoms with Gasteiger partial charge in [0.25, 0.3) is 0 Å². The van der Waals surface area contributed by atoms with Crippen LogP contribution in [0, 0.1) is 22.7 Å². The molecule has 0 saturated carbocycles. The third-order valence-electron chi connectivity index (χ3n) is 3.53. The average Bonchev–Trinajstić information content (AvgIpc) is 3.02. The summed E-state index contributed by atoms with van der Waals surface area (Å²) in [5, 5.41) is 23.2. The number of hydrogen-bond acceptors (Lipinski definition) is 5. The summed E-state index contributed by atoms with van der Waals surface area (Å²) in [6, 6.07) is 9.51. The molecule has 8 nitrogen and oxygen atoms in total. The Kier molecular flexibility index (Phi) is 5.97. The number of benzene rings is 1. The van der Waals surface area contributed by atoms with Crippen LogP contribution >= 0.6 is 0 Å². The second-order valence-electron chi connectivity index (χ2n) is 5.35. The van der Waals surface area contributed by atoms with Gasteiger partial charge in [0.15, 0.2) is 6.61 Å². The van der Waals surface area contributed by atoms with Crippen molar-refractivity contribution in [1.29, 1.82) is 10.5 Å². The van der Waals surface area contributed by atoms with Gasteiger partial charge in [-0.05, 0) is 18.6 Å². The van der Waals surface area contributed by atoms with E-state index in [2.05, 4.69) is 20.4 Å². The highest BCUT2D eigenvalue weighted by atomic mass is 16.5. The number of aromatic nitrogens is 1. The number of alkyl carbamates (subject to hydrolysis) is 1. The third-order valence-corrected chi connectivity index (χ3v) is 3.53. The Hall–Kier alpha value is -3.52. The minimum atomic E-state index is -0.943. The quantitative estimate of drug-likeness (QED) is 0.731. The highest BCUT2D eigenvalue weighted by Gasteiger charge is 2.24. The van der Waals surface area contributed by atoms with Crippen LogP contribution in [0.3, 0.4) is 0 Å². The number of nitrogens with one attached hydrogen (secondary N) is 3. The monoisotopic (exact) mass is 339 g/mol. The average molecular weight is 339 g/mol. The summed E-state index contributed by atoms with van der Waals surface area (Å²) in [6.07, 6.45) is 1.10. The van der Waals surface area contributed by atoms with E-state index in [1.54, 1.807) is 12.3 Å². The standard InChI is InChI=1S/C17H17N5O3/c1-11(9-19)21-16(23)15(22-17(24)25-7-6-18)8-12-10-20-14-5-3-2-4-13(12)14/h2-5,10-11,15,20H,7-8H2,1H3,(H,21,23)(H,22,24). The maximum atomic E-state index is 12.4. The number of H-pyrrole nitrogens is 1. The van der Waals surface area contributed by atoms with Gasteiger partial charge in [-0.25, -0.2) is 4.79 Å². The molecular formula is C17H17N5O3. The topological polar surface area (TPSA) is 131 Å². The van der Waals surface area contributed by atoms with Crippen molar-refractivity contribution in [2.24, 2.45) is 0 Å². The zero-order chi connectivity index (χ0) is 18.2. The Morgan fingerprint density at radius 1 is 1.28 bits per heavy atom. The number of carbonyl (C=O) groups excluding carboxylic acids is 2. The Balaban J connectivity index is 2.18. The van der Waals surface area contributed by atoms with E-state index in [9.17, 15) is 9.59 Å². The van der Waals surface area contributed by atoms with Crippen LogP contribution in [0.25, 0.3) is 10.9 Å². The van der Waals surface area contributed by atoms with Gasteiger partial charge in [0.05, 0.1) is 6.07 Å². The molecular weight excluding hydrogens is 322 g/mol. The Morgan fingerprint density at radius 2 is 2.04 bits per heavy atom. The van der Waals surface area contributed by atoms with Crippen molar-refractivity contribution in [1.82, 2.24) is 15.6 Å². The first kappa shape index (κ1) is 17.8. The number of fused-ring (bicyclic) bond motifs is 1. The molecule has 0 aliphatic carbocycles. The van der Waals surface area contributed by atoms with Crippen LogP contribution in [0.2, 0.25) is 0 Å². The molecule has 2 rings (SSSR count). The highest BCUT2D eigenvalue weighted by molar-refractivity contribution is 5.88. The molecule has 3 N–H and O–H groups in total. The van der Waals surface area contributed by atoms with Crippen molar-refractivity contribution in [2.45, 2.75) is 25.4 Å². The minimum Gasteiger partial charge on any atom is -0.434 e. The number of hydrogen-bond donors (Lipinski definition) is 3. The van der Waals surface area contributed by atoms with E-state index in [4.69, 9.17) is 10.5 Å². The first-order chi connectivity index (χ1) is 12.0. The second kappa shape index (κ2) is 8.37. The van der Waals surface area contributed by atoms with Crippen LogP contribution in [0.15, 0.2) is 30.5 Å². The van der Waals surface area contributed by atoms with Crippen LogP contribution in [0.1, 0.15) is 12.5 Å². The summed E-state index contributed by atoms with van der Waals surface area (Å²) in [7, 11) is 0. The number of rotatable bonds is 6. The number of aromatic amines is 1. The maximum Gasteiger partial charge on any atom is 0.408 e. The van der Waals surface area contributed by atoms with Crippen LogP contribution in [0.4, 0.5) is 4.79 Å². The van der Waals surface area contributed by atoms with Gasteiger partial charge in [0, 0.05) is 23.5 Å². The van der Waals surface area contributed by atoms with Crippen molar-refractivity contribution in [2.75, 3.05) is 6.61 Å². The molecule has 8 heteroatoms. The molecule has 0 spiro atoms. The van der Waals surface area contributed by atoms with Gasteiger partial charge in [-0.15, -0.1) is 0 Å². The zero-order valence-electron chi connectivity index (χ0n) is 13.6. The minimum absolute atomic E-state index is 0.204. The van der Waals surface area contributed by atoms with E-state index in [0.717, 1.165) is 16.5 Å². The molecule has 1 heterocycles. The molecule has 0 saturated heterocycles. The molecule has 0 radical (unpaired) electrons. The summed E-state index contributed by atoms with van der Waals surface area (Å²) in [6.45, 7) is 1.12.